The number of nitrogens with one attached hydrogen (secondary N) is 1. The lowest BCUT2D eigenvalue weighted by molar-refractivity contribution is -0.174. The summed E-state index contributed by atoms with van der Waals surface area (Å²) in [6, 6.07) is 6.98. The van der Waals surface area contributed by atoms with Crippen LogP contribution in [0.2, 0.25) is 0 Å². The highest BCUT2D eigenvalue weighted by molar-refractivity contribution is 5.73. The van der Waals surface area contributed by atoms with Crippen LogP contribution < -0.4 is 19.9 Å². The van der Waals surface area contributed by atoms with Crippen molar-refractivity contribution < 1.29 is 26.7 Å². The average molecular weight is 563 g/mol. The van der Waals surface area contributed by atoms with Crippen molar-refractivity contribution in [3.63, 3.8) is 0 Å². The van der Waals surface area contributed by atoms with Crippen LogP contribution in [0.15, 0.2) is 36.5 Å². The van der Waals surface area contributed by atoms with Crippen LogP contribution in [-0.2, 0) is 0 Å². The Bertz CT molecular complexity index is 1390. The molecule has 12 heteroatoms. The zero-order chi connectivity index (χ0) is 28.8. The van der Waals surface area contributed by atoms with E-state index in [1.807, 2.05) is 19.0 Å². The first-order chi connectivity index (χ1) is 18.9. The first-order valence-electron chi connectivity index (χ1n) is 13.1. The Morgan fingerprint density at radius 2 is 1.73 bits per heavy atom. The molecule has 0 saturated carbocycles. The molecule has 0 unspecified atom stereocenters. The average Bonchev–Trinajstić information content (AvgIpc) is 2.89. The van der Waals surface area contributed by atoms with Crippen LogP contribution in [0.4, 0.5) is 45.0 Å². The molecule has 1 saturated heterocycles. The summed E-state index contributed by atoms with van der Waals surface area (Å²) in [5.41, 5.74) is 0.675. The van der Waals surface area contributed by atoms with Crippen molar-refractivity contribution in [1.82, 2.24) is 14.9 Å². The summed E-state index contributed by atoms with van der Waals surface area (Å²) in [7, 11) is 4.09. The molecule has 0 bridgehead atoms. The molecule has 0 atom stereocenters. The SMILES string of the molecule is CC(C)N1CC(F)(F)Oc2c(F)cc(-c3nc(Nc4ccc(N5CCC(N(C)C)CC5)c(F)c4)ncc3F)cc21. The molecular formula is C28H31F5N6O. The second-order valence-electron chi connectivity index (χ2n) is 10.6. The van der Waals surface area contributed by atoms with E-state index in [1.165, 1.54) is 17.0 Å². The highest BCUT2D eigenvalue weighted by Gasteiger charge is 2.43. The standard InChI is InChI=1S/C28H31F5N6O/c1-16(2)39-15-28(32,33)40-26-21(30)11-17(12-24(26)39)25-22(31)14-34-27(36-25)35-18-5-6-23(20(29)13-18)38-9-7-19(8-10-38)37(3)4/h5-6,11-14,16,19H,7-10,15H2,1-4H3,(H,34,35,36). The van der Waals surface area contributed by atoms with E-state index in [4.69, 9.17) is 0 Å². The predicted octanol–water partition coefficient (Wildman–Crippen LogP) is 6.03. The molecule has 0 aliphatic carbocycles. The summed E-state index contributed by atoms with van der Waals surface area (Å²) in [5.74, 6) is -2.99. The highest BCUT2D eigenvalue weighted by Crippen LogP contribution is 2.44. The molecule has 2 aromatic carbocycles. The Hall–Kier alpha value is -3.67. The first kappa shape index (κ1) is 27.9. The van der Waals surface area contributed by atoms with Crippen molar-refractivity contribution in [3.05, 3.63) is 54.0 Å². The molecule has 1 aromatic heterocycles. The van der Waals surface area contributed by atoms with E-state index >= 15 is 4.39 Å². The Balaban J connectivity index is 1.39. The quantitative estimate of drug-likeness (QED) is 0.368. The summed E-state index contributed by atoms with van der Waals surface area (Å²) in [4.78, 5) is 13.6. The lowest BCUT2D eigenvalue weighted by Crippen LogP contribution is -2.48. The molecule has 7 nitrogen and oxygen atoms in total. The van der Waals surface area contributed by atoms with Crippen LogP contribution in [0.25, 0.3) is 11.3 Å². The number of aromatic nitrogens is 2. The van der Waals surface area contributed by atoms with E-state index in [-0.39, 0.29) is 22.9 Å². The number of benzene rings is 2. The van der Waals surface area contributed by atoms with Crippen LogP contribution in [-0.4, -0.2) is 66.8 Å². The highest BCUT2D eigenvalue weighted by atomic mass is 19.3. The van der Waals surface area contributed by atoms with Gasteiger partial charge in [0.25, 0.3) is 0 Å². The van der Waals surface area contributed by atoms with Crippen molar-refractivity contribution >= 4 is 23.0 Å². The number of nitrogens with zero attached hydrogens (tertiary/aromatic N) is 5. The third kappa shape index (κ3) is 5.63. The summed E-state index contributed by atoms with van der Waals surface area (Å²) in [5, 5.41) is 2.87. The van der Waals surface area contributed by atoms with Gasteiger partial charge in [0.05, 0.1) is 17.6 Å². The number of hydrogen-bond donors (Lipinski definition) is 1. The second-order valence-corrected chi connectivity index (χ2v) is 10.6. The van der Waals surface area contributed by atoms with Gasteiger partial charge in [0.2, 0.25) is 5.95 Å². The molecule has 3 aromatic rings. The third-order valence-corrected chi connectivity index (χ3v) is 7.32. The van der Waals surface area contributed by atoms with Crippen molar-refractivity contribution in [2.45, 2.75) is 44.9 Å². The minimum atomic E-state index is -3.58. The van der Waals surface area contributed by atoms with E-state index in [9.17, 15) is 17.6 Å². The van der Waals surface area contributed by atoms with Gasteiger partial charge in [-0.2, -0.15) is 8.78 Å². The Kier molecular flexibility index (Phi) is 7.47. The number of ether oxygens (including phenoxy) is 1. The zero-order valence-electron chi connectivity index (χ0n) is 22.7. The number of hydrogen-bond acceptors (Lipinski definition) is 7. The van der Waals surface area contributed by atoms with Crippen LogP contribution in [0, 0.1) is 17.5 Å². The van der Waals surface area contributed by atoms with Crippen LogP contribution >= 0.6 is 0 Å². The fourth-order valence-corrected chi connectivity index (χ4v) is 5.18. The molecule has 0 spiro atoms. The first-order valence-corrected chi connectivity index (χ1v) is 13.1. The maximum atomic E-state index is 15.1. The number of alkyl halides is 2. The maximum absolute atomic E-state index is 15.1. The Labute approximate surface area is 229 Å². The van der Waals surface area contributed by atoms with Gasteiger partial charge in [0, 0.05) is 36.4 Å². The van der Waals surface area contributed by atoms with E-state index in [0.29, 0.717) is 17.4 Å². The van der Waals surface area contributed by atoms with E-state index < -0.39 is 41.9 Å². The van der Waals surface area contributed by atoms with Crippen LogP contribution in [0.5, 0.6) is 5.75 Å². The molecule has 3 heterocycles. The lowest BCUT2D eigenvalue weighted by Gasteiger charge is -2.38. The van der Waals surface area contributed by atoms with Crippen molar-refractivity contribution in [2.75, 3.05) is 48.8 Å². The van der Waals surface area contributed by atoms with Crippen molar-refractivity contribution in [1.29, 1.82) is 0 Å². The summed E-state index contributed by atoms with van der Waals surface area (Å²) < 4.78 is 77.6. The molecule has 0 radical (unpaired) electrons. The third-order valence-electron chi connectivity index (χ3n) is 7.32. The van der Waals surface area contributed by atoms with Crippen molar-refractivity contribution in [3.8, 4) is 17.0 Å². The number of anilines is 4. The number of rotatable bonds is 6. The normalized spacial score (nSPS) is 17.3. The number of fused-ring (bicyclic) bond motifs is 1. The van der Waals surface area contributed by atoms with Crippen LogP contribution in [0.1, 0.15) is 26.7 Å². The maximum Gasteiger partial charge on any atom is 0.416 e. The van der Waals surface area contributed by atoms with Gasteiger partial charge in [0.15, 0.2) is 17.4 Å². The molecule has 214 valence electrons. The van der Waals surface area contributed by atoms with E-state index in [1.54, 1.807) is 26.0 Å². The molecule has 5 rings (SSSR count). The minimum absolute atomic E-state index is 0.0151. The molecule has 1 N–H and O–H groups in total. The molecule has 2 aliphatic rings. The van der Waals surface area contributed by atoms with Gasteiger partial charge in [0.1, 0.15) is 18.1 Å². The molecule has 0 amide bonds. The van der Waals surface area contributed by atoms with Crippen molar-refractivity contribution in [2.24, 2.45) is 0 Å². The monoisotopic (exact) mass is 562 g/mol. The van der Waals surface area contributed by atoms with E-state index in [0.717, 1.165) is 38.2 Å². The Morgan fingerprint density at radius 3 is 2.38 bits per heavy atom. The fraction of sp³-hybridized carbons (Fsp3) is 0.429. The number of halogens is 5. The summed E-state index contributed by atoms with van der Waals surface area (Å²) in [6.07, 6.45) is -0.798. The van der Waals surface area contributed by atoms with Gasteiger partial charge >= 0.3 is 6.11 Å². The van der Waals surface area contributed by atoms with Gasteiger partial charge in [-0.15, -0.1) is 0 Å². The number of piperidine rings is 1. The predicted molar refractivity (Wildman–Crippen MR) is 144 cm³/mol. The Morgan fingerprint density at radius 1 is 1.00 bits per heavy atom. The van der Waals surface area contributed by atoms with Gasteiger partial charge in [-0.25, -0.2) is 23.1 Å². The zero-order valence-corrected chi connectivity index (χ0v) is 22.7. The van der Waals surface area contributed by atoms with Gasteiger partial charge in [-0.05, 0) is 71.1 Å². The topological polar surface area (TPSA) is 56.8 Å². The summed E-state index contributed by atoms with van der Waals surface area (Å²) in [6.45, 7) is 4.06. The minimum Gasteiger partial charge on any atom is -0.426 e. The van der Waals surface area contributed by atoms with E-state index in [2.05, 4.69) is 24.9 Å². The second kappa shape index (κ2) is 10.7. The molecule has 1 fully saturated rings. The van der Waals surface area contributed by atoms with Gasteiger partial charge < -0.3 is 24.8 Å². The van der Waals surface area contributed by atoms with Crippen LogP contribution in [0.3, 0.4) is 0 Å². The molecule has 40 heavy (non-hydrogen) atoms. The summed E-state index contributed by atoms with van der Waals surface area (Å²) >= 11 is 0. The van der Waals surface area contributed by atoms with Gasteiger partial charge in [-0.1, -0.05) is 0 Å². The fourth-order valence-electron chi connectivity index (χ4n) is 5.18. The van der Waals surface area contributed by atoms with Gasteiger partial charge in [-0.3, -0.25) is 0 Å². The molecule has 2 aliphatic heterocycles. The smallest absolute Gasteiger partial charge is 0.416 e. The largest absolute Gasteiger partial charge is 0.426 e. The molecular weight excluding hydrogens is 531 g/mol. The lowest BCUT2D eigenvalue weighted by atomic mass is 10.0.